The Hall–Kier alpha value is -2.04. The smallest absolute Gasteiger partial charge is 0.344 e. The lowest BCUT2D eigenvalue weighted by atomic mass is 9.86. The highest BCUT2D eigenvalue weighted by molar-refractivity contribution is 5.81. The third-order valence-corrected chi connectivity index (χ3v) is 4.51. The van der Waals surface area contributed by atoms with Crippen molar-refractivity contribution in [3.8, 4) is 5.75 Å². The van der Waals surface area contributed by atoms with E-state index in [0.29, 0.717) is 11.7 Å². The summed E-state index contributed by atoms with van der Waals surface area (Å²) in [6.45, 7) is 3.78. The van der Waals surface area contributed by atoms with E-state index in [1.165, 1.54) is 12.0 Å². The maximum absolute atomic E-state index is 11.9. The lowest BCUT2D eigenvalue weighted by Gasteiger charge is -2.29. The van der Waals surface area contributed by atoms with Crippen molar-refractivity contribution in [2.75, 3.05) is 13.2 Å². The average molecular weight is 333 g/mol. The highest BCUT2D eigenvalue weighted by Gasteiger charge is 2.23. The molecule has 0 unspecified atom stereocenters. The van der Waals surface area contributed by atoms with Gasteiger partial charge in [0.15, 0.2) is 13.2 Å². The standard InChI is InChI=1S/C19H27NO4/c1-3-15-8-10-16(11-9-15)23-13-19(22)24-12-18(21)20-17-7-5-4-6-14(17)2/h8-11,14,17H,3-7,12-13H2,1-2H3,(H,20,21)/t14-,17+/m0/s1. The first-order chi connectivity index (χ1) is 11.6. The molecule has 1 N–H and O–H groups in total. The number of hydrogen-bond donors (Lipinski definition) is 1. The number of esters is 1. The molecule has 2 atom stereocenters. The maximum Gasteiger partial charge on any atom is 0.344 e. The topological polar surface area (TPSA) is 64.6 Å². The van der Waals surface area contributed by atoms with Gasteiger partial charge in [-0.15, -0.1) is 0 Å². The van der Waals surface area contributed by atoms with Crippen LogP contribution >= 0.6 is 0 Å². The Morgan fingerprint density at radius 3 is 2.50 bits per heavy atom. The normalized spacial score (nSPS) is 20.2. The number of ether oxygens (including phenoxy) is 2. The lowest BCUT2D eigenvalue weighted by Crippen LogP contribution is -2.43. The van der Waals surface area contributed by atoms with E-state index in [2.05, 4.69) is 19.2 Å². The maximum atomic E-state index is 11.9. The molecule has 0 spiro atoms. The molecule has 1 saturated carbocycles. The molecular weight excluding hydrogens is 306 g/mol. The largest absolute Gasteiger partial charge is 0.482 e. The minimum Gasteiger partial charge on any atom is -0.482 e. The molecule has 0 heterocycles. The number of carbonyl (C=O) groups is 2. The van der Waals surface area contributed by atoms with Gasteiger partial charge in [-0.1, -0.05) is 38.8 Å². The van der Waals surface area contributed by atoms with Crippen LogP contribution < -0.4 is 10.1 Å². The summed E-state index contributed by atoms with van der Waals surface area (Å²) in [5, 5.41) is 2.95. The molecule has 1 aliphatic carbocycles. The van der Waals surface area contributed by atoms with Gasteiger partial charge in [0.1, 0.15) is 5.75 Å². The van der Waals surface area contributed by atoms with Gasteiger partial charge in [-0.25, -0.2) is 4.79 Å². The highest BCUT2D eigenvalue weighted by Crippen LogP contribution is 2.23. The monoisotopic (exact) mass is 333 g/mol. The minimum absolute atomic E-state index is 0.193. The Balaban J connectivity index is 1.65. The van der Waals surface area contributed by atoms with Crippen molar-refractivity contribution in [3.05, 3.63) is 29.8 Å². The van der Waals surface area contributed by atoms with E-state index in [-0.39, 0.29) is 25.2 Å². The fraction of sp³-hybridized carbons (Fsp3) is 0.579. The molecule has 1 aliphatic rings. The molecule has 5 heteroatoms. The molecule has 1 aromatic rings. The van der Waals surface area contributed by atoms with Gasteiger partial charge >= 0.3 is 5.97 Å². The Morgan fingerprint density at radius 1 is 1.12 bits per heavy atom. The van der Waals surface area contributed by atoms with E-state index >= 15 is 0 Å². The van der Waals surface area contributed by atoms with Gasteiger partial charge in [-0.2, -0.15) is 0 Å². The van der Waals surface area contributed by atoms with Crippen LogP contribution in [0.2, 0.25) is 0 Å². The van der Waals surface area contributed by atoms with Crippen molar-refractivity contribution in [2.24, 2.45) is 5.92 Å². The highest BCUT2D eigenvalue weighted by atomic mass is 16.6. The molecule has 1 aromatic carbocycles. The van der Waals surface area contributed by atoms with E-state index in [4.69, 9.17) is 9.47 Å². The van der Waals surface area contributed by atoms with Crippen molar-refractivity contribution in [1.29, 1.82) is 0 Å². The van der Waals surface area contributed by atoms with Crippen LogP contribution in [0.25, 0.3) is 0 Å². The van der Waals surface area contributed by atoms with Crippen molar-refractivity contribution in [1.82, 2.24) is 5.32 Å². The molecule has 1 fully saturated rings. The van der Waals surface area contributed by atoms with Gasteiger partial charge < -0.3 is 14.8 Å². The molecule has 2 rings (SSSR count). The summed E-state index contributed by atoms with van der Waals surface area (Å²) in [7, 11) is 0. The molecular formula is C19H27NO4. The summed E-state index contributed by atoms with van der Waals surface area (Å²) in [5.74, 6) is 0.313. The van der Waals surface area contributed by atoms with Crippen molar-refractivity contribution in [3.63, 3.8) is 0 Å². The number of benzene rings is 1. The number of rotatable bonds is 7. The number of carbonyl (C=O) groups excluding carboxylic acids is 2. The molecule has 5 nitrogen and oxygen atoms in total. The van der Waals surface area contributed by atoms with Crippen LogP contribution in [0.4, 0.5) is 0 Å². The Kier molecular flexibility index (Phi) is 7.09. The second-order valence-corrected chi connectivity index (χ2v) is 6.38. The fourth-order valence-electron chi connectivity index (χ4n) is 2.93. The second kappa shape index (κ2) is 9.30. The van der Waals surface area contributed by atoms with E-state index in [9.17, 15) is 9.59 Å². The van der Waals surface area contributed by atoms with E-state index < -0.39 is 5.97 Å². The van der Waals surface area contributed by atoms with Gasteiger partial charge in [-0.05, 0) is 42.9 Å². The van der Waals surface area contributed by atoms with Crippen LogP contribution in [0, 0.1) is 5.92 Å². The zero-order chi connectivity index (χ0) is 17.4. The summed E-state index contributed by atoms with van der Waals surface area (Å²) >= 11 is 0. The number of aryl methyl sites for hydroxylation is 1. The summed E-state index contributed by atoms with van der Waals surface area (Å²) in [4.78, 5) is 23.6. The molecule has 0 aliphatic heterocycles. The van der Waals surface area contributed by atoms with Gasteiger partial charge in [0.25, 0.3) is 5.91 Å². The van der Waals surface area contributed by atoms with Crippen LogP contribution in [0.5, 0.6) is 5.75 Å². The Morgan fingerprint density at radius 2 is 1.83 bits per heavy atom. The van der Waals surface area contributed by atoms with Crippen LogP contribution in [-0.2, 0) is 20.7 Å². The SMILES string of the molecule is CCc1ccc(OCC(=O)OCC(=O)N[C@@H]2CCCC[C@@H]2C)cc1. The molecule has 0 bridgehead atoms. The first kappa shape index (κ1) is 18.3. The predicted octanol–water partition coefficient (Wildman–Crippen LogP) is 2.87. The van der Waals surface area contributed by atoms with Crippen LogP contribution in [0.3, 0.4) is 0 Å². The van der Waals surface area contributed by atoms with Crippen molar-refractivity contribution >= 4 is 11.9 Å². The van der Waals surface area contributed by atoms with Gasteiger partial charge in [0.05, 0.1) is 0 Å². The van der Waals surface area contributed by atoms with Crippen LogP contribution in [0.15, 0.2) is 24.3 Å². The zero-order valence-electron chi connectivity index (χ0n) is 14.5. The van der Waals surface area contributed by atoms with Gasteiger partial charge in [0.2, 0.25) is 0 Å². The van der Waals surface area contributed by atoms with Crippen LogP contribution in [-0.4, -0.2) is 31.1 Å². The third-order valence-electron chi connectivity index (χ3n) is 4.51. The Labute approximate surface area is 143 Å². The van der Waals surface area contributed by atoms with Crippen LogP contribution in [0.1, 0.15) is 45.1 Å². The van der Waals surface area contributed by atoms with E-state index in [1.807, 2.05) is 24.3 Å². The quantitative estimate of drug-likeness (QED) is 0.779. The summed E-state index contributed by atoms with van der Waals surface area (Å²) in [5.41, 5.74) is 1.21. The van der Waals surface area contributed by atoms with Crippen molar-refractivity contribution in [2.45, 2.75) is 52.0 Å². The number of amides is 1. The van der Waals surface area contributed by atoms with E-state index in [0.717, 1.165) is 25.7 Å². The molecule has 132 valence electrons. The van der Waals surface area contributed by atoms with Crippen molar-refractivity contribution < 1.29 is 19.1 Å². The minimum atomic E-state index is -0.540. The average Bonchev–Trinajstić information content (AvgIpc) is 2.60. The molecule has 1 amide bonds. The fourth-order valence-corrected chi connectivity index (χ4v) is 2.93. The molecule has 0 saturated heterocycles. The first-order valence-electron chi connectivity index (χ1n) is 8.75. The van der Waals surface area contributed by atoms with E-state index in [1.54, 1.807) is 0 Å². The zero-order valence-corrected chi connectivity index (χ0v) is 14.5. The lowest BCUT2D eigenvalue weighted by molar-refractivity contribution is -0.150. The van der Waals surface area contributed by atoms with Gasteiger partial charge in [-0.3, -0.25) is 4.79 Å². The predicted molar refractivity (Wildman–Crippen MR) is 91.8 cm³/mol. The summed E-state index contributed by atoms with van der Waals surface area (Å²) < 4.78 is 10.3. The molecule has 0 aromatic heterocycles. The molecule has 24 heavy (non-hydrogen) atoms. The second-order valence-electron chi connectivity index (χ2n) is 6.38. The Bertz CT molecular complexity index is 541. The van der Waals surface area contributed by atoms with Gasteiger partial charge in [0, 0.05) is 6.04 Å². The third kappa shape index (κ3) is 5.87. The summed E-state index contributed by atoms with van der Waals surface area (Å²) in [6, 6.07) is 7.75. The summed E-state index contributed by atoms with van der Waals surface area (Å²) in [6.07, 6.45) is 5.45. The number of hydrogen-bond acceptors (Lipinski definition) is 4. The molecule has 0 radical (unpaired) electrons. The first-order valence-corrected chi connectivity index (χ1v) is 8.75. The number of nitrogens with one attached hydrogen (secondary N) is 1.